The van der Waals surface area contributed by atoms with Gasteiger partial charge in [-0.3, -0.25) is 0 Å². The van der Waals surface area contributed by atoms with E-state index in [4.69, 9.17) is 23.7 Å². The molecule has 7 unspecified atom stereocenters. The molecule has 36 heavy (non-hydrogen) atoms. The number of methoxy groups -OCH3 is 3. The van der Waals surface area contributed by atoms with E-state index in [0.717, 1.165) is 48.0 Å². The molecule has 2 aromatic rings. The first kappa shape index (κ1) is 22.9. The third-order valence-electron chi connectivity index (χ3n) is 11.1. The van der Waals surface area contributed by atoms with E-state index in [1.807, 2.05) is 19.2 Å². The maximum Gasteiger partial charge on any atom is 0.165 e. The second-order valence-electron chi connectivity index (χ2n) is 12.0. The van der Waals surface area contributed by atoms with Gasteiger partial charge in [-0.1, -0.05) is 25.1 Å². The summed E-state index contributed by atoms with van der Waals surface area (Å²) < 4.78 is 31.4. The van der Waals surface area contributed by atoms with E-state index in [-0.39, 0.29) is 22.5 Å². The van der Waals surface area contributed by atoms with Crippen LogP contribution in [0.15, 0.2) is 36.4 Å². The third-order valence-corrected chi connectivity index (χ3v) is 11.1. The standard InChI is InChI=1S/C31H38O5/c1-19-10-11-30-26-21-8-9-25(33-3)27(26)36-28(30)31(34-4)13-12-29(30,24(19)15-21)16-22(31)18-35-17-20-6-5-7-23(14-20)32-2/h5-9,14,19,22,24,28H,10-13,15-18H2,1-4H3. The zero-order chi connectivity index (χ0) is 24.7. The summed E-state index contributed by atoms with van der Waals surface area (Å²) in [5.74, 6) is 4.45. The highest BCUT2D eigenvalue weighted by atomic mass is 16.6. The molecule has 7 atom stereocenters. The molecule has 1 aliphatic heterocycles. The van der Waals surface area contributed by atoms with Crippen molar-refractivity contribution in [3.8, 4) is 17.2 Å². The monoisotopic (exact) mass is 490 g/mol. The molecule has 0 N–H and O–H groups in total. The van der Waals surface area contributed by atoms with Gasteiger partial charge in [0, 0.05) is 24.0 Å². The van der Waals surface area contributed by atoms with Gasteiger partial charge in [0.2, 0.25) is 0 Å². The van der Waals surface area contributed by atoms with Crippen molar-refractivity contribution in [2.75, 3.05) is 27.9 Å². The number of rotatable bonds is 7. The highest BCUT2D eigenvalue weighted by Crippen LogP contribution is 2.79. The second kappa shape index (κ2) is 7.88. The van der Waals surface area contributed by atoms with Crippen LogP contribution >= 0.6 is 0 Å². The molecule has 4 bridgehead atoms. The van der Waals surface area contributed by atoms with E-state index >= 15 is 0 Å². The van der Waals surface area contributed by atoms with Crippen molar-refractivity contribution < 1.29 is 23.7 Å². The van der Waals surface area contributed by atoms with Crippen molar-refractivity contribution in [3.63, 3.8) is 0 Å². The molecule has 2 aromatic carbocycles. The van der Waals surface area contributed by atoms with Crippen molar-refractivity contribution in [1.29, 1.82) is 0 Å². The van der Waals surface area contributed by atoms with Gasteiger partial charge in [0.05, 0.1) is 27.4 Å². The highest BCUT2D eigenvalue weighted by Gasteiger charge is 2.80. The Morgan fingerprint density at radius 1 is 1.03 bits per heavy atom. The molecule has 0 amide bonds. The molecule has 1 heterocycles. The van der Waals surface area contributed by atoms with E-state index in [9.17, 15) is 0 Å². The van der Waals surface area contributed by atoms with E-state index in [1.165, 1.54) is 30.4 Å². The van der Waals surface area contributed by atoms with Crippen molar-refractivity contribution in [2.45, 2.75) is 69.2 Å². The Morgan fingerprint density at radius 3 is 2.72 bits per heavy atom. The largest absolute Gasteiger partial charge is 0.497 e. The Balaban J connectivity index is 1.28. The number of hydrogen-bond acceptors (Lipinski definition) is 5. The fraction of sp³-hybridized carbons (Fsp3) is 0.613. The van der Waals surface area contributed by atoms with Gasteiger partial charge in [-0.15, -0.1) is 0 Å². The van der Waals surface area contributed by atoms with Crippen molar-refractivity contribution in [3.05, 3.63) is 53.1 Å². The molecular formula is C31H38O5. The van der Waals surface area contributed by atoms with Gasteiger partial charge in [0.1, 0.15) is 17.5 Å². The lowest BCUT2D eigenvalue weighted by Gasteiger charge is -2.73. The smallest absolute Gasteiger partial charge is 0.165 e. The third kappa shape index (κ3) is 2.64. The quantitative estimate of drug-likeness (QED) is 0.498. The molecule has 192 valence electrons. The Hall–Kier alpha value is -2.24. The molecule has 5 aliphatic carbocycles. The van der Waals surface area contributed by atoms with Crippen LogP contribution in [0.1, 0.15) is 55.7 Å². The van der Waals surface area contributed by atoms with E-state index < -0.39 is 0 Å². The molecule has 5 nitrogen and oxygen atoms in total. The van der Waals surface area contributed by atoms with Gasteiger partial charge >= 0.3 is 0 Å². The van der Waals surface area contributed by atoms with Crippen LogP contribution in [0.4, 0.5) is 0 Å². The minimum absolute atomic E-state index is 0.0169. The normalized spacial score (nSPS) is 38.9. The van der Waals surface area contributed by atoms with E-state index in [2.05, 4.69) is 31.2 Å². The van der Waals surface area contributed by atoms with E-state index in [0.29, 0.717) is 25.0 Å². The summed E-state index contributed by atoms with van der Waals surface area (Å²) >= 11 is 0. The molecule has 2 spiro atoms. The SMILES string of the molecule is COc1cccc(COCC2CC34CCC2(OC)C2Oc5c(OC)ccc6c5C23CCC(C)C4C6)c1. The molecule has 8 rings (SSSR count). The minimum atomic E-state index is -0.347. The maximum atomic E-state index is 7.06. The molecule has 0 radical (unpaired) electrons. The topological polar surface area (TPSA) is 46.2 Å². The predicted octanol–water partition coefficient (Wildman–Crippen LogP) is 5.71. The second-order valence-corrected chi connectivity index (χ2v) is 12.0. The Bertz CT molecular complexity index is 1190. The molecule has 5 heteroatoms. The lowest BCUT2D eigenvalue weighted by Crippen LogP contribution is -2.78. The fourth-order valence-corrected chi connectivity index (χ4v) is 9.67. The summed E-state index contributed by atoms with van der Waals surface area (Å²) in [7, 11) is 5.38. The lowest BCUT2D eigenvalue weighted by molar-refractivity contribution is -0.284. The summed E-state index contributed by atoms with van der Waals surface area (Å²) in [5.41, 5.74) is 4.01. The van der Waals surface area contributed by atoms with Gasteiger partial charge in [0.25, 0.3) is 0 Å². The van der Waals surface area contributed by atoms with Gasteiger partial charge < -0.3 is 23.7 Å². The molecule has 0 saturated heterocycles. The summed E-state index contributed by atoms with van der Waals surface area (Å²) in [6, 6.07) is 12.6. The van der Waals surface area contributed by atoms with Gasteiger partial charge in [0.15, 0.2) is 11.5 Å². The van der Waals surface area contributed by atoms with Gasteiger partial charge in [-0.2, -0.15) is 0 Å². The number of hydrogen-bond donors (Lipinski definition) is 0. The summed E-state index contributed by atoms with van der Waals surface area (Å²) in [5, 5.41) is 0. The molecular weight excluding hydrogens is 452 g/mol. The fourth-order valence-electron chi connectivity index (χ4n) is 9.67. The van der Waals surface area contributed by atoms with Crippen LogP contribution in [0, 0.1) is 23.2 Å². The van der Waals surface area contributed by atoms with Gasteiger partial charge in [-0.25, -0.2) is 0 Å². The minimum Gasteiger partial charge on any atom is -0.497 e. The van der Waals surface area contributed by atoms with Crippen LogP contribution in [0.2, 0.25) is 0 Å². The van der Waals surface area contributed by atoms with Crippen LogP contribution in [0.3, 0.4) is 0 Å². The summed E-state index contributed by atoms with van der Waals surface area (Å²) in [4.78, 5) is 0. The van der Waals surface area contributed by atoms with Crippen LogP contribution in [-0.4, -0.2) is 39.6 Å². The maximum absolute atomic E-state index is 7.06. The van der Waals surface area contributed by atoms with Crippen LogP contribution in [-0.2, 0) is 27.9 Å². The Labute approximate surface area is 214 Å². The van der Waals surface area contributed by atoms with Crippen molar-refractivity contribution >= 4 is 0 Å². The van der Waals surface area contributed by atoms with Crippen LogP contribution < -0.4 is 14.2 Å². The first-order chi connectivity index (χ1) is 17.5. The first-order valence-electron chi connectivity index (χ1n) is 13.7. The molecule has 4 saturated carbocycles. The lowest BCUT2D eigenvalue weighted by atomic mass is 9.31. The number of fused-ring (bicyclic) bond motifs is 2. The molecule has 0 aromatic heterocycles. The van der Waals surface area contributed by atoms with Gasteiger partial charge in [-0.05, 0) is 85.1 Å². The zero-order valence-corrected chi connectivity index (χ0v) is 22.0. The van der Waals surface area contributed by atoms with E-state index in [1.54, 1.807) is 14.2 Å². The number of benzene rings is 2. The first-order valence-corrected chi connectivity index (χ1v) is 13.7. The molecule has 6 aliphatic rings. The summed E-state index contributed by atoms with van der Waals surface area (Å²) in [6.07, 6.45) is 7.04. The Kier molecular flexibility index (Phi) is 5.02. The zero-order valence-electron chi connectivity index (χ0n) is 22.0. The Morgan fingerprint density at radius 2 is 1.92 bits per heavy atom. The molecule has 4 fully saturated rings. The number of ether oxygens (including phenoxy) is 5. The summed E-state index contributed by atoms with van der Waals surface area (Å²) in [6.45, 7) is 3.76. The predicted molar refractivity (Wildman–Crippen MR) is 137 cm³/mol. The average molecular weight is 491 g/mol. The average Bonchev–Trinajstić information content (AvgIpc) is 3.28. The van der Waals surface area contributed by atoms with Crippen molar-refractivity contribution in [1.82, 2.24) is 0 Å². The highest BCUT2D eigenvalue weighted by molar-refractivity contribution is 5.63. The van der Waals surface area contributed by atoms with Crippen molar-refractivity contribution in [2.24, 2.45) is 23.2 Å². The van der Waals surface area contributed by atoms with Crippen LogP contribution in [0.5, 0.6) is 17.2 Å². The van der Waals surface area contributed by atoms with Crippen LogP contribution in [0.25, 0.3) is 0 Å².